The van der Waals surface area contributed by atoms with Crippen molar-refractivity contribution in [2.75, 3.05) is 19.8 Å². The molecule has 0 heterocycles. The van der Waals surface area contributed by atoms with Gasteiger partial charge in [-0.05, 0) is 37.1 Å². The van der Waals surface area contributed by atoms with Gasteiger partial charge in [-0.2, -0.15) is 0 Å². The molecule has 122 valence electrons. The molecule has 0 atom stereocenters. The highest BCUT2D eigenvalue weighted by molar-refractivity contribution is 5.94. The molecule has 0 unspecified atom stereocenters. The maximum atomic E-state index is 12.1. The molecule has 4 heteroatoms. The predicted molar refractivity (Wildman–Crippen MR) is 90.7 cm³/mol. The van der Waals surface area contributed by atoms with Gasteiger partial charge in [0.2, 0.25) is 0 Å². The van der Waals surface area contributed by atoms with Gasteiger partial charge in [0.25, 0.3) is 5.91 Å². The topological polar surface area (TPSA) is 47.6 Å². The maximum Gasteiger partial charge on any atom is 0.251 e. The van der Waals surface area contributed by atoms with E-state index in [1.807, 2.05) is 49.4 Å². The molecule has 0 spiro atoms. The number of carbonyl (C=O) groups excluding carboxylic acids is 1. The van der Waals surface area contributed by atoms with Crippen molar-refractivity contribution >= 4 is 5.91 Å². The zero-order chi connectivity index (χ0) is 16.3. The Morgan fingerprint density at radius 2 is 1.91 bits per heavy atom. The molecule has 0 bridgehead atoms. The molecule has 0 aromatic heterocycles. The maximum absolute atomic E-state index is 12.1. The Balaban J connectivity index is 1.82. The second kappa shape index (κ2) is 9.64. The van der Waals surface area contributed by atoms with Crippen LogP contribution in [0.15, 0.2) is 54.6 Å². The van der Waals surface area contributed by atoms with E-state index in [0.29, 0.717) is 37.7 Å². The largest absolute Gasteiger partial charge is 0.489 e. The number of ether oxygens (including phenoxy) is 2. The van der Waals surface area contributed by atoms with Gasteiger partial charge < -0.3 is 14.8 Å². The number of amides is 1. The van der Waals surface area contributed by atoms with E-state index >= 15 is 0 Å². The highest BCUT2D eigenvalue weighted by atomic mass is 16.5. The van der Waals surface area contributed by atoms with Gasteiger partial charge in [0, 0.05) is 25.3 Å². The van der Waals surface area contributed by atoms with Crippen LogP contribution >= 0.6 is 0 Å². The van der Waals surface area contributed by atoms with Gasteiger partial charge in [-0.1, -0.05) is 36.4 Å². The first-order valence-electron chi connectivity index (χ1n) is 7.92. The quantitative estimate of drug-likeness (QED) is 0.722. The van der Waals surface area contributed by atoms with Crippen molar-refractivity contribution in [1.82, 2.24) is 5.32 Å². The van der Waals surface area contributed by atoms with Gasteiger partial charge >= 0.3 is 0 Å². The van der Waals surface area contributed by atoms with E-state index in [1.54, 1.807) is 12.1 Å². The highest BCUT2D eigenvalue weighted by Crippen LogP contribution is 2.15. The van der Waals surface area contributed by atoms with Crippen LogP contribution in [0.1, 0.15) is 29.3 Å². The van der Waals surface area contributed by atoms with Gasteiger partial charge in [-0.3, -0.25) is 4.79 Å². The Hall–Kier alpha value is -2.33. The molecule has 1 amide bonds. The van der Waals surface area contributed by atoms with Crippen LogP contribution in [0.25, 0.3) is 0 Å². The van der Waals surface area contributed by atoms with Gasteiger partial charge in [-0.15, -0.1) is 0 Å². The van der Waals surface area contributed by atoms with E-state index in [9.17, 15) is 4.79 Å². The summed E-state index contributed by atoms with van der Waals surface area (Å²) in [5.41, 5.74) is 1.70. The van der Waals surface area contributed by atoms with Crippen LogP contribution < -0.4 is 10.1 Å². The Morgan fingerprint density at radius 1 is 1.09 bits per heavy atom. The smallest absolute Gasteiger partial charge is 0.251 e. The molecule has 0 aliphatic carbocycles. The summed E-state index contributed by atoms with van der Waals surface area (Å²) < 4.78 is 11.0. The third-order valence-corrected chi connectivity index (χ3v) is 3.30. The lowest BCUT2D eigenvalue weighted by atomic mass is 10.2. The number of hydrogen-bond acceptors (Lipinski definition) is 3. The lowest BCUT2D eigenvalue weighted by molar-refractivity contribution is 0.0943. The molecule has 0 aliphatic heterocycles. The minimum atomic E-state index is -0.0911. The number of carbonyl (C=O) groups is 1. The van der Waals surface area contributed by atoms with Crippen LogP contribution in [-0.4, -0.2) is 25.7 Å². The van der Waals surface area contributed by atoms with Crippen LogP contribution in [0.5, 0.6) is 5.75 Å². The van der Waals surface area contributed by atoms with Crippen molar-refractivity contribution in [3.05, 3.63) is 65.7 Å². The molecule has 0 aliphatic rings. The molecule has 0 fully saturated rings. The van der Waals surface area contributed by atoms with E-state index in [2.05, 4.69) is 5.32 Å². The molecule has 2 aromatic carbocycles. The van der Waals surface area contributed by atoms with E-state index in [-0.39, 0.29) is 5.91 Å². The number of hydrogen-bond donors (Lipinski definition) is 1. The van der Waals surface area contributed by atoms with Crippen LogP contribution in [-0.2, 0) is 11.3 Å². The van der Waals surface area contributed by atoms with Gasteiger partial charge in [0.05, 0.1) is 0 Å². The molecular weight excluding hydrogens is 290 g/mol. The van der Waals surface area contributed by atoms with Gasteiger partial charge in [-0.25, -0.2) is 0 Å². The summed E-state index contributed by atoms with van der Waals surface area (Å²) in [6, 6.07) is 17.2. The second-order valence-electron chi connectivity index (χ2n) is 5.11. The molecular formula is C19H23NO3. The van der Waals surface area contributed by atoms with Gasteiger partial charge in [0.15, 0.2) is 0 Å². The van der Waals surface area contributed by atoms with Crippen LogP contribution in [0, 0.1) is 0 Å². The number of rotatable bonds is 9. The minimum absolute atomic E-state index is 0.0911. The standard InChI is InChI=1S/C19H23NO3/c1-2-22-13-7-12-20-19(21)17-10-6-11-18(14-17)23-15-16-8-4-3-5-9-16/h3-6,8-11,14H,2,7,12-13,15H2,1H3,(H,20,21). The summed E-state index contributed by atoms with van der Waals surface area (Å²) in [4.78, 5) is 12.1. The lowest BCUT2D eigenvalue weighted by Gasteiger charge is -2.09. The normalized spacial score (nSPS) is 10.3. The summed E-state index contributed by atoms with van der Waals surface area (Å²) in [6.07, 6.45) is 0.809. The fourth-order valence-corrected chi connectivity index (χ4v) is 2.09. The van der Waals surface area contributed by atoms with Crippen molar-refractivity contribution in [3.63, 3.8) is 0 Å². The van der Waals surface area contributed by atoms with Crippen LogP contribution in [0.2, 0.25) is 0 Å². The second-order valence-corrected chi connectivity index (χ2v) is 5.11. The first kappa shape index (κ1) is 17.0. The number of nitrogens with one attached hydrogen (secondary N) is 1. The zero-order valence-electron chi connectivity index (χ0n) is 13.5. The van der Waals surface area contributed by atoms with E-state index in [1.165, 1.54) is 0 Å². The van der Waals surface area contributed by atoms with Crippen LogP contribution in [0.3, 0.4) is 0 Å². The Morgan fingerprint density at radius 3 is 2.70 bits per heavy atom. The summed E-state index contributed by atoms with van der Waals surface area (Å²) in [6.45, 7) is 4.42. The summed E-state index contributed by atoms with van der Waals surface area (Å²) >= 11 is 0. The molecule has 0 saturated heterocycles. The highest BCUT2D eigenvalue weighted by Gasteiger charge is 2.06. The monoisotopic (exact) mass is 313 g/mol. The molecule has 2 rings (SSSR count). The summed E-state index contributed by atoms with van der Waals surface area (Å²) in [5, 5.41) is 2.88. The van der Waals surface area contributed by atoms with Crippen molar-refractivity contribution in [3.8, 4) is 5.75 Å². The first-order valence-corrected chi connectivity index (χ1v) is 7.92. The first-order chi connectivity index (χ1) is 11.3. The molecule has 1 N–H and O–H groups in total. The van der Waals surface area contributed by atoms with Crippen molar-refractivity contribution in [2.45, 2.75) is 20.0 Å². The molecule has 2 aromatic rings. The fourth-order valence-electron chi connectivity index (χ4n) is 2.09. The summed E-state index contributed by atoms with van der Waals surface area (Å²) in [7, 11) is 0. The third-order valence-electron chi connectivity index (χ3n) is 3.30. The minimum Gasteiger partial charge on any atom is -0.489 e. The van der Waals surface area contributed by atoms with Crippen molar-refractivity contribution in [2.24, 2.45) is 0 Å². The van der Waals surface area contributed by atoms with Crippen molar-refractivity contribution in [1.29, 1.82) is 0 Å². The molecule has 0 radical (unpaired) electrons. The number of benzene rings is 2. The fraction of sp³-hybridized carbons (Fsp3) is 0.316. The molecule has 4 nitrogen and oxygen atoms in total. The van der Waals surface area contributed by atoms with E-state index < -0.39 is 0 Å². The van der Waals surface area contributed by atoms with E-state index in [0.717, 1.165) is 12.0 Å². The molecule has 23 heavy (non-hydrogen) atoms. The Bertz CT molecular complexity index is 599. The SMILES string of the molecule is CCOCCCNC(=O)c1cccc(OCc2ccccc2)c1. The molecule has 0 saturated carbocycles. The zero-order valence-corrected chi connectivity index (χ0v) is 13.5. The van der Waals surface area contributed by atoms with Crippen molar-refractivity contribution < 1.29 is 14.3 Å². The third kappa shape index (κ3) is 6.12. The average Bonchev–Trinajstić information content (AvgIpc) is 2.61. The predicted octanol–water partition coefficient (Wildman–Crippen LogP) is 3.42. The van der Waals surface area contributed by atoms with Crippen LogP contribution in [0.4, 0.5) is 0 Å². The summed E-state index contributed by atoms with van der Waals surface area (Å²) in [5.74, 6) is 0.600. The van der Waals surface area contributed by atoms with Gasteiger partial charge in [0.1, 0.15) is 12.4 Å². The average molecular weight is 313 g/mol. The lowest BCUT2D eigenvalue weighted by Crippen LogP contribution is -2.25. The Labute approximate surface area is 137 Å². The Kier molecular flexibility index (Phi) is 7.14. The van der Waals surface area contributed by atoms with E-state index in [4.69, 9.17) is 9.47 Å².